The van der Waals surface area contributed by atoms with E-state index in [2.05, 4.69) is 5.32 Å². The van der Waals surface area contributed by atoms with E-state index in [1.807, 2.05) is 38.1 Å². The Morgan fingerprint density at radius 3 is 2.70 bits per heavy atom. The van der Waals surface area contributed by atoms with Gasteiger partial charge in [0.2, 0.25) is 11.8 Å². The summed E-state index contributed by atoms with van der Waals surface area (Å²) in [7, 11) is 0. The number of nitrogens with zero attached hydrogens (tertiary/aromatic N) is 2. The van der Waals surface area contributed by atoms with E-state index in [9.17, 15) is 24.3 Å². The largest absolute Gasteiger partial charge is 0.460 e. The van der Waals surface area contributed by atoms with Crippen LogP contribution in [0.25, 0.3) is 0 Å². The second-order valence-corrected chi connectivity index (χ2v) is 11.1. The number of hydrogen-bond acceptors (Lipinski definition) is 7. The molecule has 1 spiro atoms. The highest BCUT2D eigenvalue weighted by molar-refractivity contribution is 6.06. The molecule has 3 amide bonds. The van der Waals surface area contributed by atoms with Gasteiger partial charge in [0.25, 0.3) is 5.91 Å². The van der Waals surface area contributed by atoms with Gasteiger partial charge in [-0.1, -0.05) is 36.4 Å². The van der Waals surface area contributed by atoms with Gasteiger partial charge < -0.3 is 29.7 Å². The minimum atomic E-state index is -1.40. The maximum atomic E-state index is 14.4. The Bertz CT molecular complexity index is 1260. The number of carbonyl (C=O) groups is 4. The summed E-state index contributed by atoms with van der Waals surface area (Å²) in [5.74, 6) is -3.39. The van der Waals surface area contributed by atoms with E-state index in [1.165, 1.54) is 4.90 Å². The summed E-state index contributed by atoms with van der Waals surface area (Å²) < 4.78 is 12.4. The molecule has 4 aliphatic rings. The van der Waals surface area contributed by atoms with Crippen LogP contribution in [0, 0.1) is 25.7 Å². The van der Waals surface area contributed by atoms with Crippen LogP contribution in [-0.4, -0.2) is 83.8 Å². The number of amides is 3. The van der Waals surface area contributed by atoms with Gasteiger partial charge in [0.1, 0.15) is 23.7 Å². The number of hydrogen-bond donors (Lipinski definition) is 2. The minimum absolute atomic E-state index is 0.145. The maximum Gasteiger partial charge on any atom is 0.313 e. The number of anilines is 1. The zero-order valence-corrected chi connectivity index (χ0v) is 23.2. The van der Waals surface area contributed by atoms with Gasteiger partial charge in [-0.2, -0.15) is 0 Å². The topological polar surface area (TPSA) is 125 Å². The number of aryl methyl sites for hydroxylation is 2. The number of aliphatic hydroxyl groups is 1. The molecular formula is C30H37N3O7. The predicted molar refractivity (Wildman–Crippen MR) is 146 cm³/mol. The molecule has 4 heterocycles. The highest BCUT2D eigenvalue weighted by Gasteiger charge is 2.71. The Morgan fingerprint density at radius 1 is 1.12 bits per heavy atom. The lowest BCUT2D eigenvalue weighted by Crippen LogP contribution is -2.55. The van der Waals surface area contributed by atoms with E-state index < -0.39 is 41.7 Å². The SMILES string of the molecule is Cc1ccc(C)c(N2CC=C[C@]34O[C@@H]5/C=C\CCC(=O)NC[C@@H](C)OC(=O)[C@@H]5[C@H]3C(=O)N(CCCO)[C@@H]4C2=O)c1. The maximum absolute atomic E-state index is 14.4. The highest BCUT2D eigenvalue weighted by Crippen LogP contribution is 2.53. The number of fused-ring (bicyclic) bond motifs is 2. The predicted octanol–water partition coefficient (Wildman–Crippen LogP) is 1.57. The van der Waals surface area contributed by atoms with Crippen molar-refractivity contribution in [2.45, 2.75) is 63.9 Å². The molecular weight excluding hydrogens is 514 g/mol. The van der Waals surface area contributed by atoms with Crippen molar-refractivity contribution < 1.29 is 33.8 Å². The molecule has 10 nitrogen and oxygen atoms in total. The Hall–Kier alpha value is -3.50. The lowest BCUT2D eigenvalue weighted by atomic mass is 9.78. The van der Waals surface area contributed by atoms with Gasteiger partial charge in [-0.3, -0.25) is 19.2 Å². The van der Waals surface area contributed by atoms with E-state index in [4.69, 9.17) is 9.47 Å². The number of aliphatic hydroxyl groups excluding tert-OH is 1. The monoisotopic (exact) mass is 551 g/mol. The molecule has 0 unspecified atom stereocenters. The third-order valence-corrected chi connectivity index (χ3v) is 8.25. The Balaban J connectivity index is 1.59. The second-order valence-electron chi connectivity index (χ2n) is 11.1. The third kappa shape index (κ3) is 4.83. The molecule has 1 aromatic rings. The van der Waals surface area contributed by atoms with Gasteiger partial charge in [0, 0.05) is 31.8 Å². The number of likely N-dealkylation sites (tertiary alicyclic amines) is 1. The van der Waals surface area contributed by atoms with E-state index in [0.717, 1.165) is 16.8 Å². The normalized spacial score (nSPS) is 33.2. The van der Waals surface area contributed by atoms with Gasteiger partial charge in [-0.15, -0.1) is 0 Å². The molecule has 0 aromatic heterocycles. The van der Waals surface area contributed by atoms with E-state index in [0.29, 0.717) is 6.42 Å². The molecule has 4 aliphatic heterocycles. The molecule has 2 N–H and O–H groups in total. The first-order chi connectivity index (χ1) is 19.2. The number of benzene rings is 1. The van der Waals surface area contributed by atoms with Crippen molar-refractivity contribution in [3.63, 3.8) is 0 Å². The number of nitrogens with one attached hydrogen (secondary N) is 1. The summed E-state index contributed by atoms with van der Waals surface area (Å²) in [6, 6.07) is 4.86. The quantitative estimate of drug-likeness (QED) is 0.430. The average molecular weight is 552 g/mol. The number of carbonyl (C=O) groups excluding carboxylic acids is 4. The standard InChI is InChI=1S/C30H37N3O7/c1-18-10-11-19(2)21(16-18)32-13-6-12-30-25(27(36)33(14-7-15-34)26(30)28(32)37)24-22(40-30)8-4-5-9-23(35)31-17-20(3)39-29(24)38/h4,6,8,10-12,16,20,22,24-26,34H,5,7,9,13-15,17H2,1-3H3,(H,31,35)/b8-4-/t20-,22-,24+,25+,26-,30+/m1/s1. The fraction of sp³-hybridized carbons (Fsp3) is 0.533. The van der Waals surface area contributed by atoms with Crippen LogP contribution in [0.15, 0.2) is 42.5 Å². The number of cyclic esters (lactones) is 1. The van der Waals surface area contributed by atoms with Gasteiger partial charge >= 0.3 is 5.97 Å². The Kier molecular flexibility index (Phi) is 7.83. The second kappa shape index (κ2) is 11.2. The summed E-state index contributed by atoms with van der Waals surface area (Å²) in [6.07, 6.45) is 6.67. The number of ether oxygens (including phenoxy) is 2. The van der Waals surface area contributed by atoms with Crippen molar-refractivity contribution in [1.82, 2.24) is 10.2 Å². The molecule has 6 atom stereocenters. The summed E-state index contributed by atoms with van der Waals surface area (Å²) in [5, 5.41) is 12.4. The number of allylic oxidation sites excluding steroid dienone is 1. The van der Waals surface area contributed by atoms with Gasteiger partial charge in [0.15, 0.2) is 0 Å². The third-order valence-electron chi connectivity index (χ3n) is 8.25. The van der Waals surface area contributed by atoms with Crippen LogP contribution in [-0.2, 0) is 28.7 Å². The molecule has 2 saturated heterocycles. The zero-order chi connectivity index (χ0) is 28.6. The van der Waals surface area contributed by atoms with Crippen molar-refractivity contribution in [3.8, 4) is 0 Å². The van der Waals surface area contributed by atoms with Crippen LogP contribution >= 0.6 is 0 Å². The number of esters is 1. The highest BCUT2D eigenvalue weighted by atomic mass is 16.6. The first kappa shape index (κ1) is 28.0. The molecule has 0 saturated carbocycles. The molecule has 214 valence electrons. The summed E-state index contributed by atoms with van der Waals surface area (Å²) in [5.41, 5.74) is 1.27. The van der Waals surface area contributed by atoms with Crippen LogP contribution in [0.4, 0.5) is 5.69 Å². The van der Waals surface area contributed by atoms with Crippen LogP contribution in [0.2, 0.25) is 0 Å². The van der Waals surface area contributed by atoms with Crippen molar-refractivity contribution >= 4 is 29.4 Å². The molecule has 0 aliphatic carbocycles. The Labute approximate surface area is 234 Å². The fourth-order valence-corrected chi connectivity index (χ4v) is 6.37. The molecule has 10 heteroatoms. The fourth-order valence-electron chi connectivity index (χ4n) is 6.37. The molecule has 5 rings (SSSR count). The van der Waals surface area contributed by atoms with Gasteiger partial charge in [-0.05, 0) is 50.8 Å². The smallest absolute Gasteiger partial charge is 0.313 e. The number of rotatable bonds is 4. The van der Waals surface area contributed by atoms with Gasteiger partial charge in [-0.25, -0.2) is 0 Å². The molecule has 1 aromatic carbocycles. The van der Waals surface area contributed by atoms with Crippen molar-refractivity contribution in [2.75, 3.05) is 31.1 Å². The van der Waals surface area contributed by atoms with E-state index in [-0.39, 0.29) is 56.8 Å². The summed E-state index contributed by atoms with van der Waals surface area (Å²) >= 11 is 0. The van der Waals surface area contributed by atoms with Crippen LogP contribution in [0.5, 0.6) is 0 Å². The molecule has 40 heavy (non-hydrogen) atoms. The van der Waals surface area contributed by atoms with Crippen molar-refractivity contribution in [2.24, 2.45) is 11.8 Å². The van der Waals surface area contributed by atoms with E-state index in [1.54, 1.807) is 30.1 Å². The zero-order valence-electron chi connectivity index (χ0n) is 23.2. The molecule has 0 radical (unpaired) electrons. The minimum Gasteiger partial charge on any atom is -0.460 e. The lowest BCUT2D eigenvalue weighted by molar-refractivity contribution is -0.158. The average Bonchev–Trinajstić information content (AvgIpc) is 3.30. The lowest BCUT2D eigenvalue weighted by Gasteiger charge is -2.35. The van der Waals surface area contributed by atoms with E-state index >= 15 is 0 Å². The summed E-state index contributed by atoms with van der Waals surface area (Å²) in [4.78, 5) is 57.5. The van der Waals surface area contributed by atoms with Crippen LogP contribution < -0.4 is 10.2 Å². The van der Waals surface area contributed by atoms with Crippen molar-refractivity contribution in [3.05, 3.63) is 53.6 Å². The van der Waals surface area contributed by atoms with Crippen LogP contribution in [0.1, 0.15) is 37.3 Å². The first-order valence-electron chi connectivity index (χ1n) is 14.0. The van der Waals surface area contributed by atoms with Crippen LogP contribution in [0.3, 0.4) is 0 Å². The first-order valence-corrected chi connectivity index (χ1v) is 14.0. The molecule has 2 fully saturated rings. The Morgan fingerprint density at radius 2 is 1.93 bits per heavy atom. The summed E-state index contributed by atoms with van der Waals surface area (Å²) in [6.45, 7) is 6.01. The van der Waals surface area contributed by atoms with Crippen molar-refractivity contribution in [1.29, 1.82) is 0 Å². The molecule has 0 bridgehead atoms. The van der Waals surface area contributed by atoms with Gasteiger partial charge in [0.05, 0.1) is 18.6 Å².